The Kier molecular flexibility index (Phi) is 3.12. The second-order valence-corrected chi connectivity index (χ2v) is 1.72. The summed E-state index contributed by atoms with van der Waals surface area (Å²) in [7, 11) is 0. The van der Waals surface area contributed by atoms with Crippen molar-refractivity contribution in [1.29, 1.82) is 0 Å². The molecule has 0 aliphatic carbocycles. The van der Waals surface area contributed by atoms with Crippen LogP contribution >= 0.6 is 15.9 Å². The number of rotatable bonds is 2. The van der Waals surface area contributed by atoms with Crippen molar-refractivity contribution in [2.24, 2.45) is 0 Å². The third-order valence-corrected chi connectivity index (χ3v) is 0.749. The van der Waals surface area contributed by atoms with Crippen LogP contribution in [0.3, 0.4) is 0 Å². The first kappa shape index (κ1) is 8.01. The van der Waals surface area contributed by atoms with Crippen LogP contribution in [0.4, 0.5) is 13.2 Å². The largest absolute Gasteiger partial charge is 0.295 e. The Bertz CT molecular complexity index is 89.3. The van der Waals surface area contributed by atoms with Gasteiger partial charge in [-0.2, -0.15) is 8.78 Å². The van der Waals surface area contributed by atoms with Crippen LogP contribution in [0.15, 0.2) is 11.1 Å². The van der Waals surface area contributed by atoms with Gasteiger partial charge >= 0.3 is 0 Å². The van der Waals surface area contributed by atoms with E-state index in [2.05, 4.69) is 15.9 Å². The summed E-state index contributed by atoms with van der Waals surface area (Å²) in [5.41, 5.74) is 0. The Hall–Kier alpha value is 0.01000. The monoisotopic (exact) mass is 188 g/mol. The van der Waals surface area contributed by atoms with Crippen molar-refractivity contribution in [2.45, 2.75) is 5.92 Å². The summed E-state index contributed by atoms with van der Waals surface area (Å²) in [6.07, 6.45) is 0.451. The lowest BCUT2D eigenvalue weighted by atomic mass is 10.4. The van der Waals surface area contributed by atoms with E-state index >= 15 is 0 Å². The van der Waals surface area contributed by atoms with E-state index in [0.29, 0.717) is 6.08 Å². The number of hydrogen-bond acceptors (Lipinski definition) is 0. The molecule has 0 aromatic heterocycles. The maximum Gasteiger partial charge on any atom is 0.295 e. The molecule has 0 N–H and O–H groups in total. The SMILES string of the molecule is FCC(F)(F)C=CBr. The fraction of sp³-hybridized carbons (Fsp3) is 0.500. The molecule has 0 amide bonds. The van der Waals surface area contributed by atoms with Gasteiger partial charge in [-0.3, -0.25) is 0 Å². The Morgan fingerprint density at radius 3 is 2.12 bits per heavy atom. The molecule has 0 unspecified atom stereocenters. The van der Waals surface area contributed by atoms with Gasteiger partial charge in [-0.05, 0) is 11.1 Å². The molecule has 0 bridgehead atoms. The molecular formula is C4H4BrF3. The van der Waals surface area contributed by atoms with Crippen LogP contribution < -0.4 is 0 Å². The van der Waals surface area contributed by atoms with Gasteiger partial charge in [0, 0.05) is 0 Å². The predicted octanol–water partition coefficient (Wildman–Crippen LogP) is 2.50. The minimum atomic E-state index is -3.30. The molecule has 0 spiro atoms. The zero-order chi connectivity index (χ0) is 6.62. The molecule has 0 saturated heterocycles. The van der Waals surface area contributed by atoms with Gasteiger partial charge in [-0.1, -0.05) is 15.9 Å². The van der Waals surface area contributed by atoms with Crippen LogP contribution in [0.1, 0.15) is 0 Å². The Balaban J connectivity index is 3.71. The first-order valence-electron chi connectivity index (χ1n) is 1.84. The van der Waals surface area contributed by atoms with Gasteiger partial charge in [-0.25, -0.2) is 4.39 Å². The van der Waals surface area contributed by atoms with E-state index in [1.54, 1.807) is 0 Å². The summed E-state index contributed by atoms with van der Waals surface area (Å²) in [4.78, 5) is 0.937. The first-order chi connectivity index (χ1) is 3.62. The van der Waals surface area contributed by atoms with Crippen molar-refractivity contribution in [1.82, 2.24) is 0 Å². The van der Waals surface area contributed by atoms with Gasteiger partial charge in [0.15, 0.2) is 6.67 Å². The highest BCUT2D eigenvalue weighted by Crippen LogP contribution is 2.15. The molecule has 0 radical (unpaired) electrons. The summed E-state index contributed by atoms with van der Waals surface area (Å²) >= 11 is 2.60. The summed E-state index contributed by atoms with van der Waals surface area (Å²) in [6, 6.07) is 0. The highest BCUT2D eigenvalue weighted by molar-refractivity contribution is 9.11. The van der Waals surface area contributed by atoms with Crippen LogP contribution in [-0.2, 0) is 0 Å². The molecule has 48 valence electrons. The Morgan fingerprint density at radius 1 is 1.50 bits per heavy atom. The second-order valence-electron chi connectivity index (χ2n) is 1.19. The van der Waals surface area contributed by atoms with E-state index in [-0.39, 0.29) is 0 Å². The van der Waals surface area contributed by atoms with Gasteiger partial charge in [-0.15, -0.1) is 0 Å². The summed E-state index contributed by atoms with van der Waals surface area (Å²) in [5, 5.41) is 0. The van der Waals surface area contributed by atoms with Crippen LogP contribution in [-0.4, -0.2) is 12.6 Å². The number of alkyl halides is 3. The molecule has 0 rings (SSSR count). The van der Waals surface area contributed by atoms with Crippen LogP contribution in [0.25, 0.3) is 0 Å². The van der Waals surface area contributed by atoms with Crippen molar-refractivity contribution in [2.75, 3.05) is 6.67 Å². The third kappa shape index (κ3) is 3.07. The maximum atomic E-state index is 11.7. The van der Waals surface area contributed by atoms with Crippen LogP contribution in [0.5, 0.6) is 0 Å². The van der Waals surface area contributed by atoms with Crippen LogP contribution in [0, 0.1) is 0 Å². The average molecular weight is 189 g/mol. The lowest BCUT2D eigenvalue weighted by Crippen LogP contribution is -2.13. The lowest BCUT2D eigenvalue weighted by Gasteiger charge is -2.02. The van der Waals surface area contributed by atoms with Gasteiger partial charge in [0.2, 0.25) is 0 Å². The van der Waals surface area contributed by atoms with E-state index in [1.807, 2.05) is 0 Å². The zero-order valence-corrected chi connectivity index (χ0v) is 5.46. The molecule has 0 aromatic rings. The lowest BCUT2D eigenvalue weighted by molar-refractivity contribution is 0.0279. The van der Waals surface area contributed by atoms with Gasteiger partial charge in [0.1, 0.15) is 0 Å². The standard InChI is InChI=1S/C4H4BrF3/c5-2-1-4(7,8)3-6/h1-2H,3H2. The molecule has 0 aromatic carbocycles. The quantitative estimate of drug-likeness (QED) is 0.625. The van der Waals surface area contributed by atoms with E-state index in [0.717, 1.165) is 4.99 Å². The minimum Gasteiger partial charge on any atom is -0.244 e. The fourth-order valence-electron chi connectivity index (χ4n) is 0.137. The summed E-state index contributed by atoms with van der Waals surface area (Å²) in [6.45, 7) is -1.64. The molecule has 8 heavy (non-hydrogen) atoms. The molecule has 0 aliphatic heterocycles. The van der Waals surface area contributed by atoms with Crippen molar-refractivity contribution in [3.8, 4) is 0 Å². The molecule has 0 nitrogen and oxygen atoms in total. The van der Waals surface area contributed by atoms with Gasteiger partial charge in [0.05, 0.1) is 0 Å². The molecule has 0 heterocycles. The molecule has 0 aliphatic rings. The third-order valence-electron chi connectivity index (χ3n) is 0.485. The topological polar surface area (TPSA) is 0 Å². The maximum absolute atomic E-state index is 11.7. The molecule has 4 heteroatoms. The van der Waals surface area contributed by atoms with Crippen molar-refractivity contribution in [3.05, 3.63) is 11.1 Å². The Morgan fingerprint density at radius 2 is 2.00 bits per heavy atom. The van der Waals surface area contributed by atoms with Crippen molar-refractivity contribution < 1.29 is 13.2 Å². The zero-order valence-electron chi connectivity index (χ0n) is 3.87. The molecule has 0 saturated carbocycles. The molecule has 0 atom stereocenters. The Labute approximate surface area is 53.5 Å². The average Bonchev–Trinajstić information content (AvgIpc) is 1.67. The van der Waals surface area contributed by atoms with E-state index in [1.165, 1.54) is 0 Å². The smallest absolute Gasteiger partial charge is 0.244 e. The molecule has 0 fully saturated rings. The number of hydrogen-bond donors (Lipinski definition) is 0. The van der Waals surface area contributed by atoms with Gasteiger partial charge < -0.3 is 0 Å². The van der Waals surface area contributed by atoms with E-state index in [9.17, 15) is 13.2 Å². The first-order valence-corrected chi connectivity index (χ1v) is 2.75. The van der Waals surface area contributed by atoms with Crippen LogP contribution in [0.2, 0.25) is 0 Å². The second kappa shape index (κ2) is 3.12. The van der Waals surface area contributed by atoms with Crippen molar-refractivity contribution in [3.63, 3.8) is 0 Å². The van der Waals surface area contributed by atoms with Crippen molar-refractivity contribution >= 4 is 15.9 Å². The summed E-state index contributed by atoms with van der Waals surface area (Å²) in [5.74, 6) is -3.30. The van der Waals surface area contributed by atoms with E-state index in [4.69, 9.17) is 0 Å². The number of halogens is 4. The normalized spacial score (nSPS) is 13.0. The van der Waals surface area contributed by atoms with E-state index < -0.39 is 12.6 Å². The minimum absolute atomic E-state index is 0.451. The fourth-order valence-corrected chi connectivity index (χ4v) is 0.523. The number of allylic oxidation sites excluding steroid dienone is 1. The van der Waals surface area contributed by atoms with Gasteiger partial charge in [0.25, 0.3) is 5.92 Å². The highest BCUT2D eigenvalue weighted by Gasteiger charge is 2.23. The highest BCUT2D eigenvalue weighted by atomic mass is 79.9. The summed E-state index contributed by atoms with van der Waals surface area (Å²) < 4.78 is 34.5. The molecular weight excluding hydrogens is 185 g/mol. The predicted molar refractivity (Wildman–Crippen MR) is 29.0 cm³/mol.